The lowest BCUT2D eigenvalue weighted by Crippen LogP contribution is -2.15. The van der Waals surface area contributed by atoms with E-state index in [-0.39, 0.29) is 5.91 Å². The minimum absolute atomic E-state index is 0.00926. The lowest BCUT2D eigenvalue weighted by Gasteiger charge is -2.14. The van der Waals surface area contributed by atoms with E-state index in [1.54, 1.807) is 7.05 Å². The molecule has 0 saturated carbocycles. The third-order valence-corrected chi connectivity index (χ3v) is 5.14. The van der Waals surface area contributed by atoms with Crippen molar-refractivity contribution in [2.24, 2.45) is 11.8 Å². The highest BCUT2D eigenvalue weighted by molar-refractivity contribution is 5.91. The molecule has 1 amide bonds. The van der Waals surface area contributed by atoms with Gasteiger partial charge in [0.2, 0.25) is 5.91 Å². The Balaban J connectivity index is 0. The summed E-state index contributed by atoms with van der Waals surface area (Å²) in [5.41, 5.74) is 0. The van der Waals surface area contributed by atoms with Gasteiger partial charge >= 0.3 is 11.9 Å². The first-order valence-electron chi connectivity index (χ1n) is 11.6. The van der Waals surface area contributed by atoms with E-state index < -0.39 is 11.9 Å². The SMILES string of the molecule is C=CN(C)C(C)=O.CCCCC(CC)COC(=O)/C=C\C(=O)OCC(CC)CCCC. The molecule has 2 atom stereocenters. The third-order valence-electron chi connectivity index (χ3n) is 5.14. The van der Waals surface area contributed by atoms with Crippen molar-refractivity contribution >= 4 is 17.8 Å². The van der Waals surface area contributed by atoms with Crippen LogP contribution in [0.15, 0.2) is 24.9 Å². The van der Waals surface area contributed by atoms with Crippen LogP contribution < -0.4 is 0 Å². The molecule has 0 aliphatic carbocycles. The predicted octanol–water partition coefficient (Wildman–Crippen LogP) is 5.67. The van der Waals surface area contributed by atoms with E-state index in [1.165, 1.54) is 30.2 Å². The fourth-order valence-corrected chi connectivity index (χ4v) is 2.56. The maximum Gasteiger partial charge on any atom is 0.331 e. The summed E-state index contributed by atoms with van der Waals surface area (Å²) >= 11 is 0. The summed E-state index contributed by atoms with van der Waals surface area (Å²) in [6.07, 6.45) is 12.5. The summed E-state index contributed by atoms with van der Waals surface area (Å²) in [4.78, 5) is 35.0. The number of ether oxygens (including phenoxy) is 2. The molecule has 0 aliphatic rings. The number of rotatable bonds is 15. The van der Waals surface area contributed by atoms with Crippen LogP contribution in [-0.4, -0.2) is 43.0 Å². The van der Waals surface area contributed by atoms with E-state index in [4.69, 9.17) is 9.47 Å². The van der Waals surface area contributed by atoms with Crippen molar-refractivity contribution in [1.82, 2.24) is 4.90 Å². The average Bonchev–Trinajstić information content (AvgIpc) is 2.77. The minimum Gasteiger partial charge on any atom is -0.462 e. The van der Waals surface area contributed by atoms with Crippen molar-refractivity contribution in [2.45, 2.75) is 86.0 Å². The van der Waals surface area contributed by atoms with Gasteiger partial charge in [-0.2, -0.15) is 0 Å². The normalized spacial score (nSPS) is 12.3. The van der Waals surface area contributed by atoms with Gasteiger partial charge in [-0.3, -0.25) is 4.79 Å². The summed E-state index contributed by atoms with van der Waals surface area (Å²) in [6.45, 7) is 14.2. The maximum atomic E-state index is 11.7. The molecule has 0 aromatic carbocycles. The molecule has 0 radical (unpaired) electrons. The molecule has 0 N–H and O–H groups in total. The van der Waals surface area contributed by atoms with E-state index in [0.29, 0.717) is 25.0 Å². The zero-order chi connectivity index (χ0) is 24.1. The quantitative estimate of drug-likeness (QED) is 0.243. The molecule has 6 heteroatoms. The second kappa shape index (κ2) is 21.1. The van der Waals surface area contributed by atoms with E-state index in [9.17, 15) is 14.4 Å². The third kappa shape index (κ3) is 19.6. The zero-order valence-corrected chi connectivity index (χ0v) is 20.7. The van der Waals surface area contributed by atoms with Crippen LogP contribution in [0.3, 0.4) is 0 Å². The Kier molecular flexibility index (Phi) is 21.2. The van der Waals surface area contributed by atoms with E-state index in [2.05, 4.69) is 34.3 Å². The Morgan fingerprint density at radius 2 is 1.23 bits per heavy atom. The number of carbonyl (C=O) groups is 3. The number of amides is 1. The predicted molar refractivity (Wildman–Crippen MR) is 126 cm³/mol. The molecule has 0 heterocycles. The monoisotopic (exact) mass is 439 g/mol. The van der Waals surface area contributed by atoms with Crippen LogP contribution in [0.1, 0.15) is 86.0 Å². The first-order chi connectivity index (χ1) is 14.7. The summed E-state index contributed by atoms with van der Waals surface area (Å²) in [6, 6.07) is 0. The van der Waals surface area contributed by atoms with Crippen molar-refractivity contribution in [3.63, 3.8) is 0 Å². The molecule has 0 fully saturated rings. The van der Waals surface area contributed by atoms with Crippen LogP contribution in [0, 0.1) is 11.8 Å². The molecule has 2 unspecified atom stereocenters. The number of hydrogen-bond acceptors (Lipinski definition) is 5. The summed E-state index contributed by atoms with van der Waals surface area (Å²) in [7, 11) is 1.66. The second-order valence-corrected chi connectivity index (χ2v) is 7.74. The van der Waals surface area contributed by atoms with Crippen molar-refractivity contribution in [2.75, 3.05) is 20.3 Å². The Morgan fingerprint density at radius 1 is 0.839 bits per heavy atom. The Hall–Kier alpha value is -2.11. The first kappa shape index (κ1) is 31.1. The molecule has 0 aromatic rings. The molecule has 6 nitrogen and oxygen atoms in total. The number of hydrogen-bond donors (Lipinski definition) is 0. The van der Waals surface area contributed by atoms with Gasteiger partial charge in [0.1, 0.15) is 0 Å². The average molecular weight is 440 g/mol. The van der Waals surface area contributed by atoms with E-state index in [0.717, 1.165) is 51.4 Å². The van der Waals surface area contributed by atoms with Crippen LogP contribution in [0.5, 0.6) is 0 Å². The fraction of sp³-hybridized carbons (Fsp3) is 0.720. The lowest BCUT2D eigenvalue weighted by molar-refractivity contribution is -0.142. The van der Waals surface area contributed by atoms with Gasteiger partial charge < -0.3 is 14.4 Å². The highest BCUT2D eigenvalue weighted by Crippen LogP contribution is 2.14. The number of carbonyl (C=O) groups excluding carboxylic acids is 3. The van der Waals surface area contributed by atoms with Gasteiger partial charge in [0, 0.05) is 26.1 Å². The van der Waals surface area contributed by atoms with Gasteiger partial charge in [0.25, 0.3) is 0 Å². The van der Waals surface area contributed by atoms with Gasteiger partial charge in [-0.15, -0.1) is 0 Å². The Bertz CT molecular complexity index is 496. The number of unbranched alkanes of at least 4 members (excludes halogenated alkanes) is 2. The molecule has 0 aromatic heterocycles. The lowest BCUT2D eigenvalue weighted by atomic mass is 10.0. The standard InChI is InChI=1S/C20H36O4.C5H9NO/c1-5-9-11-17(7-3)15-23-19(21)13-14-20(22)24-16-18(8-4)12-10-6-2;1-4-6(3)5(2)7/h13-14,17-18H,5-12,15-16H2,1-4H3;4H,1H2,2-3H3/b14-13-;. The Morgan fingerprint density at radius 3 is 1.45 bits per heavy atom. The molecule has 31 heavy (non-hydrogen) atoms. The van der Waals surface area contributed by atoms with Crippen LogP contribution in [0.4, 0.5) is 0 Å². The van der Waals surface area contributed by atoms with Gasteiger partial charge in [-0.1, -0.05) is 72.8 Å². The molecular weight excluding hydrogens is 394 g/mol. The van der Waals surface area contributed by atoms with Crippen molar-refractivity contribution in [1.29, 1.82) is 0 Å². The first-order valence-corrected chi connectivity index (χ1v) is 11.6. The minimum atomic E-state index is -0.472. The largest absolute Gasteiger partial charge is 0.462 e. The topological polar surface area (TPSA) is 72.9 Å². The smallest absolute Gasteiger partial charge is 0.331 e. The second-order valence-electron chi connectivity index (χ2n) is 7.74. The van der Waals surface area contributed by atoms with Crippen molar-refractivity contribution in [3.8, 4) is 0 Å². The van der Waals surface area contributed by atoms with E-state index in [1.807, 2.05) is 0 Å². The molecule has 180 valence electrons. The number of nitrogens with zero attached hydrogens (tertiary/aromatic N) is 1. The maximum absolute atomic E-state index is 11.7. The van der Waals surface area contributed by atoms with Crippen molar-refractivity contribution in [3.05, 3.63) is 24.9 Å². The number of esters is 2. The van der Waals surface area contributed by atoms with Gasteiger partial charge in [0.05, 0.1) is 13.2 Å². The van der Waals surface area contributed by atoms with Crippen LogP contribution >= 0.6 is 0 Å². The highest BCUT2D eigenvalue weighted by atomic mass is 16.5. The molecule has 0 rings (SSSR count). The summed E-state index contributed by atoms with van der Waals surface area (Å²) in [5, 5.41) is 0. The molecule has 0 aliphatic heterocycles. The van der Waals surface area contributed by atoms with Gasteiger partial charge in [0.15, 0.2) is 0 Å². The zero-order valence-electron chi connectivity index (χ0n) is 20.7. The molecular formula is C25H45NO5. The fourth-order valence-electron chi connectivity index (χ4n) is 2.56. The molecule has 0 saturated heterocycles. The summed E-state index contributed by atoms with van der Waals surface area (Å²) in [5.74, 6) is -0.133. The van der Waals surface area contributed by atoms with Crippen LogP contribution in [0.2, 0.25) is 0 Å². The Labute approximate surface area is 190 Å². The summed E-state index contributed by atoms with van der Waals surface area (Å²) < 4.78 is 10.4. The van der Waals surface area contributed by atoms with Crippen molar-refractivity contribution < 1.29 is 23.9 Å². The molecule has 0 bridgehead atoms. The van der Waals surface area contributed by atoms with Gasteiger partial charge in [-0.25, -0.2) is 9.59 Å². The highest BCUT2D eigenvalue weighted by Gasteiger charge is 2.10. The molecule has 0 spiro atoms. The van der Waals surface area contributed by atoms with Gasteiger partial charge in [-0.05, 0) is 30.9 Å². The van der Waals surface area contributed by atoms with Crippen LogP contribution in [0.25, 0.3) is 0 Å². The van der Waals surface area contributed by atoms with Crippen LogP contribution in [-0.2, 0) is 23.9 Å². The van der Waals surface area contributed by atoms with E-state index >= 15 is 0 Å².